The Bertz CT molecular complexity index is 1340. The molecule has 1 aromatic carbocycles. The molecule has 160 valence electrons. The number of thiophene rings is 1. The number of nitrogens with one attached hydrogen (secondary N) is 1. The van der Waals surface area contributed by atoms with E-state index in [0.29, 0.717) is 14.9 Å². The maximum Gasteiger partial charge on any atom is 0.434 e. The quantitative estimate of drug-likeness (QED) is 0.489. The highest BCUT2D eigenvalue weighted by Gasteiger charge is 2.41. The first-order chi connectivity index (χ1) is 14.6. The van der Waals surface area contributed by atoms with E-state index in [2.05, 4.69) is 15.1 Å². The second-order valence-electron chi connectivity index (χ2n) is 6.61. The number of aromatic nitrogens is 4. The van der Waals surface area contributed by atoms with E-state index < -0.39 is 23.3 Å². The zero-order valence-electron chi connectivity index (χ0n) is 15.8. The Morgan fingerprint density at radius 1 is 1.32 bits per heavy atom. The van der Waals surface area contributed by atoms with Crippen LogP contribution in [0.25, 0.3) is 15.9 Å². The summed E-state index contributed by atoms with van der Waals surface area (Å²) >= 11 is 7.10. The third kappa shape index (κ3) is 4.06. The summed E-state index contributed by atoms with van der Waals surface area (Å²) < 4.78 is 42.6. The number of aromatic amines is 1. The van der Waals surface area contributed by atoms with E-state index in [0.717, 1.165) is 11.1 Å². The smallest absolute Gasteiger partial charge is 0.334 e. The first-order valence-electron chi connectivity index (χ1n) is 8.78. The summed E-state index contributed by atoms with van der Waals surface area (Å²) in [7, 11) is 1.32. The lowest BCUT2D eigenvalue weighted by Gasteiger charge is -2.18. The summed E-state index contributed by atoms with van der Waals surface area (Å²) in [6.07, 6.45) is -3.99. The summed E-state index contributed by atoms with van der Waals surface area (Å²) in [4.78, 5) is 32.8. The summed E-state index contributed by atoms with van der Waals surface area (Å²) in [5.74, 6) is -0.767. The molecule has 0 aliphatic heterocycles. The van der Waals surface area contributed by atoms with Crippen LogP contribution in [0, 0.1) is 0 Å². The number of fused-ring (bicyclic) bond motifs is 1. The number of rotatable bonds is 4. The van der Waals surface area contributed by atoms with Gasteiger partial charge in [-0.2, -0.15) is 18.3 Å². The molecule has 0 atom stereocenters. The molecule has 7 nitrogen and oxygen atoms in total. The molecule has 0 spiro atoms. The van der Waals surface area contributed by atoms with Gasteiger partial charge in [0.2, 0.25) is 0 Å². The molecule has 0 bridgehead atoms. The summed E-state index contributed by atoms with van der Waals surface area (Å²) in [6, 6.07) is 7.36. The van der Waals surface area contributed by atoms with Crippen LogP contribution in [0.15, 0.2) is 46.7 Å². The average Bonchev–Trinajstić information content (AvgIpc) is 3.34. The van der Waals surface area contributed by atoms with Crippen LogP contribution in [-0.2, 0) is 12.7 Å². The number of amides is 1. The minimum Gasteiger partial charge on any atom is -0.334 e. The third-order valence-corrected chi connectivity index (χ3v) is 5.56. The average molecular weight is 468 g/mol. The molecule has 0 saturated heterocycles. The number of hydrogen-bond acceptors (Lipinski definition) is 5. The van der Waals surface area contributed by atoms with Crippen LogP contribution >= 0.6 is 22.9 Å². The monoisotopic (exact) mass is 467 g/mol. The topological polar surface area (TPSA) is 83.9 Å². The molecule has 0 aliphatic rings. The van der Waals surface area contributed by atoms with Crippen LogP contribution in [0.2, 0.25) is 5.02 Å². The number of carbonyl (C=O) groups excluding carboxylic acids is 1. The van der Waals surface area contributed by atoms with Crippen LogP contribution in [0.4, 0.5) is 13.2 Å². The molecule has 3 heterocycles. The Kier molecular flexibility index (Phi) is 5.31. The fourth-order valence-corrected chi connectivity index (χ4v) is 3.99. The molecule has 0 aliphatic carbocycles. The Balaban J connectivity index is 1.69. The minimum atomic E-state index is -4.85. The van der Waals surface area contributed by atoms with Crippen molar-refractivity contribution in [2.24, 2.45) is 0 Å². The van der Waals surface area contributed by atoms with Crippen LogP contribution in [0.1, 0.15) is 21.9 Å². The van der Waals surface area contributed by atoms with Crippen molar-refractivity contribution in [2.75, 3.05) is 7.05 Å². The van der Waals surface area contributed by atoms with Crippen molar-refractivity contribution in [1.29, 1.82) is 0 Å². The van der Waals surface area contributed by atoms with E-state index in [9.17, 15) is 22.8 Å². The van der Waals surface area contributed by atoms with Crippen LogP contribution in [0.3, 0.4) is 0 Å². The van der Waals surface area contributed by atoms with Crippen LogP contribution in [-0.4, -0.2) is 37.6 Å². The van der Waals surface area contributed by atoms with Crippen molar-refractivity contribution in [3.8, 4) is 5.69 Å². The van der Waals surface area contributed by atoms with Gasteiger partial charge in [0.1, 0.15) is 10.5 Å². The highest BCUT2D eigenvalue weighted by molar-refractivity contribution is 7.17. The highest BCUT2D eigenvalue weighted by Crippen LogP contribution is 2.34. The van der Waals surface area contributed by atoms with Crippen molar-refractivity contribution >= 4 is 39.1 Å². The van der Waals surface area contributed by atoms with Crippen molar-refractivity contribution in [3.05, 3.63) is 74.4 Å². The third-order valence-electron chi connectivity index (χ3n) is 4.42. The van der Waals surface area contributed by atoms with Gasteiger partial charge in [-0.3, -0.25) is 9.59 Å². The Morgan fingerprint density at radius 2 is 2.10 bits per heavy atom. The zero-order valence-corrected chi connectivity index (χ0v) is 17.3. The maximum absolute atomic E-state index is 13.8. The van der Waals surface area contributed by atoms with Gasteiger partial charge in [0, 0.05) is 12.1 Å². The summed E-state index contributed by atoms with van der Waals surface area (Å²) in [6.45, 7) is -0.195. The van der Waals surface area contributed by atoms with Gasteiger partial charge in [-0.05, 0) is 29.6 Å². The van der Waals surface area contributed by atoms with Crippen molar-refractivity contribution in [1.82, 2.24) is 24.6 Å². The highest BCUT2D eigenvalue weighted by atomic mass is 35.5. The predicted molar refractivity (Wildman–Crippen MR) is 110 cm³/mol. The van der Waals surface area contributed by atoms with Gasteiger partial charge in [-0.1, -0.05) is 17.7 Å². The summed E-state index contributed by atoms with van der Waals surface area (Å²) in [5.41, 5.74) is -1.71. The predicted octanol–water partition coefficient (Wildman–Crippen LogP) is 4.11. The minimum absolute atomic E-state index is 0.0652. The van der Waals surface area contributed by atoms with Crippen molar-refractivity contribution < 1.29 is 18.0 Å². The molecule has 0 fully saturated rings. The van der Waals surface area contributed by atoms with E-state index in [-0.39, 0.29) is 28.6 Å². The SMILES string of the molecule is CN(Cc1nc2ccsc2c(=O)[nH]1)C(=O)c1cnn(-c2cccc(Cl)c2)c1C(F)(F)F. The van der Waals surface area contributed by atoms with E-state index in [1.54, 1.807) is 11.4 Å². The Morgan fingerprint density at radius 3 is 2.81 bits per heavy atom. The normalized spacial score (nSPS) is 11.8. The zero-order chi connectivity index (χ0) is 22.3. The second-order valence-corrected chi connectivity index (χ2v) is 7.96. The number of nitrogens with zero attached hydrogens (tertiary/aromatic N) is 4. The van der Waals surface area contributed by atoms with Gasteiger partial charge >= 0.3 is 6.18 Å². The molecular weight excluding hydrogens is 455 g/mol. The fourth-order valence-electron chi connectivity index (χ4n) is 3.08. The van der Waals surface area contributed by atoms with Crippen LogP contribution in [0.5, 0.6) is 0 Å². The molecular formula is C19H13ClF3N5O2S. The van der Waals surface area contributed by atoms with Gasteiger partial charge in [0.15, 0.2) is 5.69 Å². The van der Waals surface area contributed by atoms with Crippen molar-refractivity contribution in [2.45, 2.75) is 12.7 Å². The number of H-pyrrole nitrogens is 1. The number of benzene rings is 1. The molecule has 0 unspecified atom stereocenters. The first kappa shape index (κ1) is 21.1. The van der Waals surface area contributed by atoms with Gasteiger partial charge in [0.25, 0.3) is 11.5 Å². The Hall–Kier alpha value is -3.18. The van der Waals surface area contributed by atoms with E-state index in [1.807, 2.05) is 0 Å². The number of halogens is 4. The Labute approximate surface area is 181 Å². The van der Waals surface area contributed by atoms with Gasteiger partial charge in [0.05, 0.1) is 29.5 Å². The van der Waals surface area contributed by atoms with E-state index in [1.165, 1.54) is 42.6 Å². The van der Waals surface area contributed by atoms with Gasteiger partial charge in [-0.25, -0.2) is 9.67 Å². The molecule has 1 amide bonds. The van der Waals surface area contributed by atoms with Gasteiger partial charge < -0.3 is 9.88 Å². The first-order valence-corrected chi connectivity index (χ1v) is 10.0. The standard InChI is InChI=1S/C19H13ClF3N5O2S/c1-27(9-14-25-13-5-6-31-15(13)17(29)26-14)18(30)12-8-24-28(16(12)19(21,22)23)11-4-2-3-10(20)7-11/h2-8H,9H2,1H3,(H,25,26,29). The molecule has 0 saturated carbocycles. The summed E-state index contributed by atoms with van der Waals surface area (Å²) in [5, 5.41) is 5.70. The lowest BCUT2D eigenvalue weighted by atomic mass is 10.2. The molecule has 0 radical (unpaired) electrons. The fraction of sp³-hybridized carbons (Fsp3) is 0.158. The molecule has 3 aromatic heterocycles. The largest absolute Gasteiger partial charge is 0.434 e. The molecule has 4 rings (SSSR count). The number of carbonyl (C=O) groups is 1. The number of alkyl halides is 3. The molecule has 31 heavy (non-hydrogen) atoms. The maximum atomic E-state index is 13.8. The molecule has 4 aromatic rings. The van der Waals surface area contributed by atoms with E-state index >= 15 is 0 Å². The lowest BCUT2D eigenvalue weighted by Crippen LogP contribution is -2.30. The van der Waals surface area contributed by atoms with Crippen molar-refractivity contribution in [3.63, 3.8) is 0 Å². The molecule has 12 heteroatoms. The van der Waals surface area contributed by atoms with E-state index in [4.69, 9.17) is 11.6 Å². The molecule has 1 N–H and O–H groups in total. The lowest BCUT2D eigenvalue weighted by molar-refractivity contribution is -0.143. The van der Waals surface area contributed by atoms with Crippen LogP contribution < -0.4 is 5.56 Å². The second kappa shape index (κ2) is 7.82. The number of hydrogen-bond donors (Lipinski definition) is 1. The van der Waals surface area contributed by atoms with Gasteiger partial charge in [-0.15, -0.1) is 11.3 Å².